The van der Waals surface area contributed by atoms with Crippen LogP contribution in [0.5, 0.6) is 0 Å². The predicted molar refractivity (Wildman–Crippen MR) is 123 cm³/mol. The molecule has 0 saturated carbocycles. The highest BCUT2D eigenvalue weighted by Gasteiger charge is 2.13. The molecule has 0 aliphatic rings. The first-order valence-electron chi connectivity index (χ1n) is 9.93. The molecular formula is C25H23N3OS. The van der Waals surface area contributed by atoms with E-state index >= 15 is 0 Å². The van der Waals surface area contributed by atoms with E-state index in [1.165, 1.54) is 17.3 Å². The van der Waals surface area contributed by atoms with Crippen molar-refractivity contribution >= 4 is 17.7 Å². The summed E-state index contributed by atoms with van der Waals surface area (Å²) in [7, 11) is 0. The van der Waals surface area contributed by atoms with Gasteiger partial charge in [-0.3, -0.25) is 9.36 Å². The summed E-state index contributed by atoms with van der Waals surface area (Å²) < 4.78 is 2.05. The van der Waals surface area contributed by atoms with Gasteiger partial charge in [-0.1, -0.05) is 90.6 Å². The molecule has 0 spiro atoms. The average molecular weight is 414 g/mol. The van der Waals surface area contributed by atoms with E-state index in [0.717, 1.165) is 28.5 Å². The molecule has 4 rings (SSSR count). The standard InChI is InChI=1S/C25H23N3OS/c29-24(26-17-16-20-10-4-1-5-11-20)19-30-25-27-23(21-12-6-2-7-13-21)18-28(25)22-14-8-3-9-15-22/h1-15,18H,16-17,19H2,(H,26,29). The second kappa shape index (κ2) is 9.94. The quantitative estimate of drug-likeness (QED) is 0.414. The normalized spacial score (nSPS) is 10.7. The van der Waals surface area contributed by atoms with Crippen LogP contribution in [0.2, 0.25) is 0 Å². The number of aromatic nitrogens is 2. The third-order valence-corrected chi connectivity index (χ3v) is 5.64. The van der Waals surface area contributed by atoms with Crippen LogP contribution in [0.4, 0.5) is 0 Å². The Morgan fingerprint density at radius 3 is 2.20 bits per heavy atom. The van der Waals surface area contributed by atoms with Gasteiger partial charge in [0.1, 0.15) is 0 Å². The van der Waals surface area contributed by atoms with E-state index in [9.17, 15) is 4.79 Å². The highest BCUT2D eigenvalue weighted by atomic mass is 32.2. The number of benzene rings is 3. The van der Waals surface area contributed by atoms with Crippen LogP contribution >= 0.6 is 11.8 Å². The molecular weight excluding hydrogens is 390 g/mol. The Hall–Kier alpha value is -3.31. The van der Waals surface area contributed by atoms with Gasteiger partial charge in [0.15, 0.2) is 5.16 Å². The first-order chi connectivity index (χ1) is 14.8. The van der Waals surface area contributed by atoms with Gasteiger partial charge in [0.25, 0.3) is 0 Å². The summed E-state index contributed by atoms with van der Waals surface area (Å²) in [5.41, 5.74) is 4.20. The van der Waals surface area contributed by atoms with Gasteiger partial charge in [-0.2, -0.15) is 0 Å². The summed E-state index contributed by atoms with van der Waals surface area (Å²) in [4.78, 5) is 17.2. The molecule has 0 saturated heterocycles. The fraction of sp³-hybridized carbons (Fsp3) is 0.120. The van der Waals surface area contributed by atoms with E-state index in [2.05, 4.69) is 17.4 Å². The van der Waals surface area contributed by atoms with Crippen molar-refractivity contribution in [3.05, 3.63) is 103 Å². The number of hydrogen-bond donors (Lipinski definition) is 1. The summed E-state index contributed by atoms with van der Waals surface area (Å²) in [6.45, 7) is 0.631. The van der Waals surface area contributed by atoms with E-state index in [-0.39, 0.29) is 5.91 Å². The first-order valence-corrected chi connectivity index (χ1v) is 10.9. The Balaban J connectivity index is 1.43. The van der Waals surface area contributed by atoms with Crippen LogP contribution in [0.25, 0.3) is 16.9 Å². The van der Waals surface area contributed by atoms with Gasteiger partial charge >= 0.3 is 0 Å². The largest absolute Gasteiger partial charge is 0.355 e. The molecule has 0 bridgehead atoms. The zero-order valence-electron chi connectivity index (χ0n) is 16.6. The molecule has 0 atom stereocenters. The molecule has 0 aliphatic heterocycles. The Bertz CT molecular complexity index is 1080. The number of amides is 1. The zero-order chi connectivity index (χ0) is 20.6. The third-order valence-electron chi connectivity index (χ3n) is 4.69. The lowest BCUT2D eigenvalue weighted by Crippen LogP contribution is -2.27. The van der Waals surface area contributed by atoms with Crippen molar-refractivity contribution < 1.29 is 4.79 Å². The molecule has 30 heavy (non-hydrogen) atoms. The van der Waals surface area contributed by atoms with Gasteiger partial charge in [-0.05, 0) is 24.1 Å². The number of nitrogens with one attached hydrogen (secondary N) is 1. The SMILES string of the molecule is O=C(CSc1nc(-c2ccccc2)cn1-c1ccccc1)NCCc1ccccc1. The molecule has 0 aliphatic carbocycles. The summed E-state index contributed by atoms with van der Waals surface area (Å²) in [5, 5.41) is 3.81. The first kappa shape index (κ1) is 20.0. The summed E-state index contributed by atoms with van der Waals surface area (Å²) >= 11 is 1.45. The Kier molecular flexibility index (Phi) is 6.62. The maximum absolute atomic E-state index is 12.4. The number of imidazole rings is 1. The fourth-order valence-electron chi connectivity index (χ4n) is 3.16. The number of carbonyl (C=O) groups is 1. The highest BCUT2D eigenvalue weighted by molar-refractivity contribution is 7.99. The third kappa shape index (κ3) is 5.19. The maximum atomic E-state index is 12.4. The zero-order valence-corrected chi connectivity index (χ0v) is 17.4. The van der Waals surface area contributed by atoms with E-state index < -0.39 is 0 Å². The number of para-hydroxylation sites is 1. The van der Waals surface area contributed by atoms with E-state index in [0.29, 0.717) is 12.3 Å². The lowest BCUT2D eigenvalue weighted by molar-refractivity contribution is -0.118. The van der Waals surface area contributed by atoms with Crippen LogP contribution in [0.15, 0.2) is 102 Å². The van der Waals surface area contributed by atoms with Crippen molar-refractivity contribution in [1.82, 2.24) is 14.9 Å². The van der Waals surface area contributed by atoms with Gasteiger partial charge in [0, 0.05) is 24.0 Å². The Morgan fingerprint density at radius 2 is 1.50 bits per heavy atom. The molecule has 1 aromatic heterocycles. The Morgan fingerprint density at radius 1 is 0.867 bits per heavy atom. The topological polar surface area (TPSA) is 46.9 Å². The van der Waals surface area contributed by atoms with Crippen molar-refractivity contribution in [2.75, 3.05) is 12.3 Å². The minimum absolute atomic E-state index is 0.0137. The molecule has 0 fully saturated rings. The second-order valence-corrected chi connectivity index (χ2v) is 7.80. The van der Waals surface area contributed by atoms with Crippen molar-refractivity contribution in [1.29, 1.82) is 0 Å². The lowest BCUT2D eigenvalue weighted by atomic mass is 10.1. The number of thioether (sulfide) groups is 1. The van der Waals surface area contributed by atoms with Gasteiger partial charge < -0.3 is 5.32 Å². The van der Waals surface area contributed by atoms with Crippen LogP contribution in [0.3, 0.4) is 0 Å². The molecule has 3 aromatic carbocycles. The van der Waals surface area contributed by atoms with Crippen LogP contribution < -0.4 is 5.32 Å². The molecule has 150 valence electrons. The van der Waals surface area contributed by atoms with E-state index in [4.69, 9.17) is 4.98 Å². The molecule has 0 radical (unpaired) electrons. The van der Waals surface area contributed by atoms with Gasteiger partial charge in [-0.25, -0.2) is 4.98 Å². The highest BCUT2D eigenvalue weighted by Crippen LogP contribution is 2.27. The Labute approximate surface area is 181 Å². The van der Waals surface area contributed by atoms with Crippen LogP contribution in [0.1, 0.15) is 5.56 Å². The minimum atomic E-state index is 0.0137. The minimum Gasteiger partial charge on any atom is -0.355 e. The molecule has 1 heterocycles. The monoisotopic (exact) mass is 413 g/mol. The summed E-state index contributed by atoms with van der Waals surface area (Å²) in [5.74, 6) is 0.340. The van der Waals surface area contributed by atoms with Crippen molar-refractivity contribution in [3.8, 4) is 16.9 Å². The van der Waals surface area contributed by atoms with Crippen LogP contribution in [-0.4, -0.2) is 27.8 Å². The van der Waals surface area contributed by atoms with Gasteiger partial charge in [0.2, 0.25) is 5.91 Å². The van der Waals surface area contributed by atoms with Crippen molar-refractivity contribution in [2.45, 2.75) is 11.6 Å². The van der Waals surface area contributed by atoms with Gasteiger partial charge in [0.05, 0.1) is 11.4 Å². The predicted octanol–water partition coefficient (Wildman–Crippen LogP) is 4.99. The van der Waals surface area contributed by atoms with E-state index in [1.807, 2.05) is 89.6 Å². The number of rotatable bonds is 8. The molecule has 4 nitrogen and oxygen atoms in total. The number of carbonyl (C=O) groups excluding carboxylic acids is 1. The van der Waals surface area contributed by atoms with Crippen molar-refractivity contribution in [3.63, 3.8) is 0 Å². The van der Waals surface area contributed by atoms with E-state index in [1.54, 1.807) is 0 Å². The maximum Gasteiger partial charge on any atom is 0.230 e. The van der Waals surface area contributed by atoms with Crippen LogP contribution in [0, 0.1) is 0 Å². The average Bonchev–Trinajstić information content (AvgIpc) is 3.24. The lowest BCUT2D eigenvalue weighted by Gasteiger charge is -2.08. The molecule has 1 N–H and O–H groups in total. The molecule has 4 aromatic rings. The smallest absolute Gasteiger partial charge is 0.230 e. The molecule has 1 amide bonds. The van der Waals surface area contributed by atoms with Gasteiger partial charge in [-0.15, -0.1) is 0 Å². The summed E-state index contributed by atoms with van der Waals surface area (Å²) in [6.07, 6.45) is 2.86. The van der Waals surface area contributed by atoms with Crippen molar-refractivity contribution in [2.24, 2.45) is 0 Å². The van der Waals surface area contributed by atoms with Crippen LogP contribution in [-0.2, 0) is 11.2 Å². The number of nitrogens with zero attached hydrogens (tertiary/aromatic N) is 2. The fourth-order valence-corrected chi connectivity index (χ4v) is 3.98. The molecule has 0 unspecified atom stereocenters. The second-order valence-electron chi connectivity index (χ2n) is 6.85. The number of hydrogen-bond acceptors (Lipinski definition) is 3. The molecule has 5 heteroatoms. The summed E-state index contributed by atoms with van der Waals surface area (Å²) in [6, 6.07) is 30.3.